The van der Waals surface area contributed by atoms with E-state index in [-0.39, 0.29) is 19.0 Å². The number of amides is 1. The van der Waals surface area contributed by atoms with Gasteiger partial charge in [-0.3, -0.25) is 10.3 Å². The van der Waals surface area contributed by atoms with Gasteiger partial charge in [-0.2, -0.15) is 0 Å². The quantitative estimate of drug-likeness (QED) is 0.244. The molecule has 0 aliphatic heterocycles. The van der Waals surface area contributed by atoms with Crippen LogP contribution in [0, 0.1) is 12.7 Å². The van der Waals surface area contributed by atoms with Gasteiger partial charge in [0.1, 0.15) is 18.2 Å². The topological polar surface area (TPSA) is 141 Å². The van der Waals surface area contributed by atoms with Gasteiger partial charge >= 0.3 is 11.8 Å². The number of rotatable bonds is 7. The average Bonchev–Trinajstić information content (AvgIpc) is 3.51. The maximum atomic E-state index is 14.8. The normalized spacial score (nSPS) is 11.3. The number of aromatic amines is 1. The lowest BCUT2D eigenvalue weighted by molar-refractivity contribution is 0.136. The molecule has 3 aromatic carbocycles. The fraction of sp³-hybridized carbons (Fsp3) is 0.148. The monoisotopic (exact) mass is 561 g/mol. The van der Waals surface area contributed by atoms with Crippen molar-refractivity contribution in [1.82, 2.24) is 19.9 Å². The molecule has 1 amide bonds. The molecule has 0 unspecified atom stereocenters. The van der Waals surface area contributed by atoms with E-state index in [1.807, 2.05) is 19.1 Å². The summed E-state index contributed by atoms with van der Waals surface area (Å²) in [6.07, 6.45) is 0.803. The van der Waals surface area contributed by atoms with E-state index in [4.69, 9.17) is 18.6 Å². The molecule has 0 fully saturated rings. The van der Waals surface area contributed by atoms with Gasteiger partial charge in [0.15, 0.2) is 17.1 Å². The number of anilines is 1. The molecule has 0 radical (unpaired) electrons. The Labute approximate surface area is 228 Å². The zero-order chi connectivity index (χ0) is 27.8. The van der Waals surface area contributed by atoms with Crippen molar-refractivity contribution >= 4 is 55.5 Å². The lowest BCUT2D eigenvalue weighted by Crippen LogP contribution is -2.17. The minimum Gasteiger partial charge on any atom is -0.487 e. The van der Waals surface area contributed by atoms with Crippen LogP contribution in [0.25, 0.3) is 42.9 Å². The van der Waals surface area contributed by atoms with Crippen LogP contribution in [-0.2, 0) is 4.74 Å². The first-order chi connectivity index (χ1) is 19.4. The van der Waals surface area contributed by atoms with E-state index in [1.165, 1.54) is 30.6 Å². The Morgan fingerprint density at radius 1 is 1.12 bits per heavy atom. The van der Waals surface area contributed by atoms with Crippen molar-refractivity contribution in [3.05, 3.63) is 70.6 Å². The summed E-state index contributed by atoms with van der Waals surface area (Å²) in [5.74, 6) is -0.760. The van der Waals surface area contributed by atoms with Crippen molar-refractivity contribution in [1.29, 1.82) is 0 Å². The zero-order valence-electron chi connectivity index (χ0n) is 21.1. The van der Waals surface area contributed by atoms with Gasteiger partial charge in [0, 0.05) is 29.4 Å². The minimum absolute atomic E-state index is 0.0123. The van der Waals surface area contributed by atoms with Gasteiger partial charge in [-0.1, -0.05) is 0 Å². The maximum absolute atomic E-state index is 14.8. The standard InChI is InChI=1S/C27H20FN5O6S/c1-13-7-15(24-19(8-13)31-23(36-2)12-29-24)25-32-18-10-16(28)20(11-22(18)40-25)37-5-6-38-26(34)30-14-3-4-17-21(9-14)39-27(35)33-17/h3-4,7-12H,5-6H2,1-2H3,(H,30,34)(H,33,35). The van der Waals surface area contributed by atoms with E-state index in [2.05, 4.69) is 25.3 Å². The minimum atomic E-state index is -0.741. The molecular weight excluding hydrogens is 541 g/mol. The smallest absolute Gasteiger partial charge is 0.417 e. The van der Waals surface area contributed by atoms with E-state index in [0.717, 1.165) is 11.1 Å². The number of benzene rings is 3. The molecule has 13 heteroatoms. The Hall–Kier alpha value is -5.04. The van der Waals surface area contributed by atoms with E-state index in [1.54, 1.807) is 24.4 Å². The summed E-state index contributed by atoms with van der Waals surface area (Å²) in [5.41, 5.74) is 4.75. The Kier molecular flexibility index (Phi) is 6.48. The third-order valence-corrected chi connectivity index (χ3v) is 6.94. The van der Waals surface area contributed by atoms with Crippen LogP contribution in [-0.4, -0.2) is 46.4 Å². The Morgan fingerprint density at radius 2 is 2.00 bits per heavy atom. The molecule has 6 rings (SSSR count). The number of aryl methyl sites for hydroxylation is 1. The number of thiazole rings is 1. The van der Waals surface area contributed by atoms with Crippen molar-refractivity contribution in [3.8, 4) is 22.2 Å². The number of carbonyl (C=O) groups is 1. The third-order valence-electron chi connectivity index (χ3n) is 5.89. The summed E-state index contributed by atoms with van der Waals surface area (Å²) in [6, 6.07) is 11.4. The van der Waals surface area contributed by atoms with Crippen LogP contribution in [0.5, 0.6) is 11.6 Å². The summed E-state index contributed by atoms with van der Waals surface area (Å²) in [4.78, 5) is 39.5. The van der Waals surface area contributed by atoms with Gasteiger partial charge < -0.3 is 18.6 Å². The highest BCUT2D eigenvalue weighted by Gasteiger charge is 2.16. The largest absolute Gasteiger partial charge is 0.487 e. The molecule has 202 valence electrons. The molecule has 0 aliphatic carbocycles. The predicted molar refractivity (Wildman–Crippen MR) is 147 cm³/mol. The molecular formula is C27H20FN5O6S. The first kappa shape index (κ1) is 25.2. The highest BCUT2D eigenvalue weighted by atomic mass is 32.1. The number of hydrogen-bond donors (Lipinski definition) is 2. The Morgan fingerprint density at radius 3 is 2.85 bits per heavy atom. The number of aromatic nitrogens is 4. The van der Waals surface area contributed by atoms with Gasteiger partial charge in [-0.15, -0.1) is 11.3 Å². The fourth-order valence-corrected chi connectivity index (χ4v) is 5.12. The molecule has 40 heavy (non-hydrogen) atoms. The van der Waals surface area contributed by atoms with Crippen LogP contribution >= 0.6 is 11.3 Å². The van der Waals surface area contributed by atoms with E-state index < -0.39 is 17.7 Å². The van der Waals surface area contributed by atoms with Crippen LogP contribution in [0.4, 0.5) is 14.9 Å². The van der Waals surface area contributed by atoms with Crippen LogP contribution in [0.2, 0.25) is 0 Å². The number of nitrogens with zero attached hydrogens (tertiary/aromatic N) is 3. The van der Waals surface area contributed by atoms with Gasteiger partial charge in [0.25, 0.3) is 0 Å². The first-order valence-electron chi connectivity index (χ1n) is 12.0. The predicted octanol–water partition coefficient (Wildman–Crippen LogP) is 5.42. The van der Waals surface area contributed by atoms with Crippen molar-refractivity contribution in [2.75, 3.05) is 25.6 Å². The van der Waals surface area contributed by atoms with Gasteiger partial charge in [-0.05, 0) is 36.8 Å². The Balaban J connectivity index is 1.13. The Bertz CT molecular complexity index is 1970. The van der Waals surface area contributed by atoms with E-state index in [9.17, 15) is 14.0 Å². The molecule has 0 saturated carbocycles. The second-order valence-corrected chi connectivity index (χ2v) is 9.73. The highest BCUT2D eigenvalue weighted by Crippen LogP contribution is 2.37. The number of ether oxygens (including phenoxy) is 3. The summed E-state index contributed by atoms with van der Waals surface area (Å²) in [6.45, 7) is 1.74. The van der Waals surface area contributed by atoms with E-state index in [0.29, 0.717) is 48.9 Å². The van der Waals surface area contributed by atoms with Crippen LogP contribution in [0.1, 0.15) is 5.56 Å². The number of carbonyl (C=O) groups excluding carboxylic acids is 1. The van der Waals surface area contributed by atoms with Crippen LogP contribution < -0.4 is 20.5 Å². The van der Waals surface area contributed by atoms with Crippen LogP contribution in [0.3, 0.4) is 0 Å². The van der Waals surface area contributed by atoms with E-state index >= 15 is 0 Å². The fourth-order valence-electron chi connectivity index (χ4n) is 4.13. The van der Waals surface area contributed by atoms with Crippen molar-refractivity contribution in [3.63, 3.8) is 0 Å². The third kappa shape index (κ3) is 5.01. The molecule has 0 bridgehead atoms. The van der Waals surface area contributed by atoms with Crippen molar-refractivity contribution < 1.29 is 27.8 Å². The molecule has 3 heterocycles. The molecule has 11 nitrogen and oxygen atoms in total. The molecule has 0 aliphatic rings. The number of nitrogens with one attached hydrogen (secondary N) is 2. The van der Waals surface area contributed by atoms with Gasteiger partial charge in [0.05, 0.1) is 40.1 Å². The second-order valence-electron chi connectivity index (χ2n) is 8.70. The molecule has 0 spiro atoms. The highest BCUT2D eigenvalue weighted by molar-refractivity contribution is 7.21. The average molecular weight is 562 g/mol. The van der Waals surface area contributed by atoms with Gasteiger partial charge in [-0.25, -0.2) is 28.9 Å². The maximum Gasteiger partial charge on any atom is 0.417 e. The summed E-state index contributed by atoms with van der Waals surface area (Å²) in [7, 11) is 1.53. The zero-order valence-corrected chi connectivity index (χ0v) is 21.9. The molecule has 2 N–H and O–H groups in total. The number of H-pyrrole nitrogens is 1. The summed E-state index contributed by atoms with van der Waals surface area (Å²) in [5, 5.41) is 3.19. The molecule has 0 saturated heterocycles. The number of methoxy groups -OCH3 is 1. The molecule has 3 aromatic heterocycles. The SMILES string of the molecule is COc1cnc2c(-c3nc4cc(F)c(OCCOC(=O)Nc5ccc6[nH]c(=O)oc6c5)cc4s3)cc(C)cc2n1. The number of hydrogen-bond acceptors (Lipinski definition) is 10. The molecule has 6 aromatic rings. The summed E-state index contributed by atoms with van der Waals surface area (Å²) < 4.78 is 36.3. The van der Waals surface area contributed by atoms with Gasteiger partial charge in [0.2, 0.25) is 5.88 Å². The number of fused-ring (bicyclic) bond motifs is 3. The molecule has 0 atom stereocenters. The van der Waals surface area contributed by atoms with Crippen molar-refractivity contribution in [2.45, 2.75) is 6.92 Å². The lowest BCUT2D eigenvalue weighted by atomic mass is 10.1. The first-order valence-corrected chi connectivity index (χ1v) is 12.8. The second kappa shape index (κ2) is 10.3. The van der Waals surface area contributed by atoms with Crippen molar-refractivity contribution in [2.24, 2.45) is 0 Å². The number of halogens is 1. The lowest BCUT2D eigenvalue weighted by Gasteiger charge is -2.09. The number of oxazole rings is 1. The van der Waals surface area contributed by atoms with Crippen LogP contribution in [0.15, 0.2) is 57.9 Å². The summed E-state index contributed by atoms with van der Waals surface area (Å²) >= 11 is 1.37.